The van der Waals surface area contributed by atoms with Gasteiger partial charge in [-0.25, -0.2) is 4.79 Å². The molecule has 6 nitrogen and oxygen atoms in total. The molecule has 0 aromatic carbocycles. The maximum absolute atomic E-state index is 11.9. The quantitative estimate of drug-likeness (QED) is 0.425. The van der Waals surface area contributed by atoms with Crippen LogP contribution in [0.5, 0.6) is 0 Å². The number of unbranched alkanes of at least 4 members (excludes halogenated alkanes) is 2. The molecule has 0 aliphatic carbocycles. The Morgan fingerprint density at radius 3 is 2.35 bits per heavy atom. The molecule has 0 heterocycles. The van der Waals surface area contributed by atoms with Gasteiger partial charge in [-0.1, -0.05) is 40.0 Å². The lowest BCUT2D eigenvalue weighted by molar-refractivity contribution is -0.147. The van der Waals surface area contributed by atoms with E-state index in [0.717, 1.165) is 19.3 Å². The molecule has 118 valence electrons. The lowest BCUT2D eigenvalue weighted by Gasteiger charge is -2.23. The van der Waals surface area contributed by atoms with Gasteiger partial charge in [0.05, 0.1) is 7.11 Å². The molecule has 0 aliphatic heterocycles. The third kappa shape index (κ3) is 6.34. The van der Waals surface area contributed by atoms with E-state index in [1.807, 2.05) is 0 Å². The van der Waals surface area contributed by atoms with Gasteiger partial charge in [0.1, 0.15) is 12.1 Å². The molecule has 0 saturated heterocycles. The molecule has 0 aliphatic rings. The molecule has 0 aromatic heterocycles. The van der Waals surface area contributed by atoms with Crippen molar-refractivity contribution in [2.45, 2.75) is 64.6 Å². The summed E-state index contributed by atoms with van der Waals surface area (Å²) in [7, 11) is 1.26. The van der Waals surface area contributed by atoms with Crippen molar-refractivity contribution in [2.24, 2.45) is 11.7 Å². The second kappa shape index (κ2) is 9.72. The molecule has 0 radical (unpaired) electrons. The molecule has 3 unspecified atom stereocenters. The highest BCUT2D eigenvalue weighted by Gasteiger charge is 2.29. The largest absolute Gasteiger partial charge is 0.467 e. The van der Waals surface area contributed by atoms with Crippen LogP contribution < -0.4 is 11.1 Å². The number of carbonyl (C=O) groups is 2. The topological polar surface area (TPSA) is 102 Å². The second-order valence-electron chi connectivity index (χ2n) is 5.36. The molecule has 0 bridgehead atoms. The number of nitrogens with one attached hydrogen (secondary N) is 1. The van der Waals surface area contributed by atoms with Gasteiger partial charge in [0, 0.05) is 6.04 Å². The van der Waals surface area contributed by atoms with E-state index in [-0.39, 0.29) is 5.92 Å². The minimum atomic E-state index is -1.31. The van der Waals surface area contributed by atoms with Gasteiger partial charge in [0.25, 0.3) is 5.91 Å². The van der Waals surface area contributed by atoms with E-state index >= 15 is 0 Å². The van der Waals surface area contributed by atoms with Crippen molar-refractivity contribution in [3.05, 3.63) is 0 Å². The number of hydrogen-bond donors (Lipinski definition) is 3. The van der Waals surface area contributed by atoms with Crippen LogP contribution >= 0.6 is 0 Å². The summed E-state index contributed by atoms with van der Waals surface area (Å²) in [6, 6.07) is -1.39. The van der Waals surface area contributed by atoms with Crippen LogP contribution in [0.1, 0.15) is 46.5 Å². The van der Waals surface area contributed by atoms with Crippen molar-refractivity contribution < 1.29 is 19.4 Å². The SMILES string of the molecule is CCCCCC(N)C(O)C(=O)NC(C(=O)OC)C(C)C. The van der Waals surface area contributed by atoms with E-state index in [1.165, 1.54) is 7.11 Å². The minimum absolute atomic E-state index is 0.130. The van der Waals surface area contributed by atoms with Gasteiger partial charge in [-0.2, -0.15) is 0 Å². The van der Waals surface area contributed by atoms with Crippen LogP contribution in [0.4, 0.5) is 0 Å². The van der Waals surface area contributed by atoms with Crippen LogP contribution in [0, 0.1) is 5.92 Å². The highest BCUT2D eigenvalue weighted by molar-refractivity contribution is 5.87. The van der Waals surface area contributed by atoms with Crippen LogP contribution in [0.3, 0.4) is 0 Å². The molecule has 0 spiro atoms. The van der Waals surface area contributed by atoms with Gasteiger partial charge in [0.2, 0.25) is 0 Å². The molecule has 0 aromatic rings. The monoisotopic (exact) mass is 288 g/mol. The Morgan fingerprint density at radius 1 is 1.30 bits per heavy atom. The zero-order chi connectivity index (χ0) is 15.7. The predicted octanol–water partition coefficient (Wildman–Crippen LogP) is 0.569. The smallest absolute Gasteiger partial charge is 0.328 e. The zero-order valence-corrected chi connectivity index (χ0v) is 12.9. The minimum Gasteiger partial charge on any atom is -0.467 e. The number of amides is 1. The molecular formula is C14H28N2O4. The number of esters is 1. The molecule has 0 rings (SSSR count). The Hall–Kier alpha value is -1.14. The van der Waals surface area contributed by atoms with E-state index in [1.54, 1.807) is 13.8 Å². The van der Waals surface area contributed by atoms with Crippen LogP contribution in [-0.4, -0.2) is 42.3 Å². The van der Waals surface area contributed by atoms with Crippen molar-refractivity contribution in [1.29, 1.82) is 0 Å². The lowest BCUT2D eigenvalue weighted by atomic mass is 10.0. The summed E-state index contributed by atoms with van der Waals surface area (Å²) in [6.45, 7) is 5.64. The third-order valence-corrected chi connectivity index (χ3v) is 3.23. The van der Waals surface area contributed by atoms with Crippen molar-refractivity contribution in [3.63, 3.8) is 0 Å². The number of ether oxygens (including phenoxy) is 1. The second-order valence-corrected chi connectivity index (χ2v) is 5.36. The third-order valence-electron chi connectivity index (χ3n) is 3.23. The van der Waals surface area contributed by atoms with Gasteiger partial charge >= 0.3 is 5.97 Å². The van der Waals surface area contributed by atoms with E-state index in [2.05, 4.69) is 17.0 Å². The average Bonchev–Trinajstić information content (AvgIpc) is 2.42. The summed E-state index contributed by atoms with van der Waals surface area (Å²) in [5, 5.41) is 12.4. The number of rotatable bonds is 9. The first-order chi connectivity index (χ1) is 9.34. The summed E-state index contributed by atoms with van der Waals surface area (Å²) in [4.78, 5) is 23.4. The first-order valence-electron chi connectivity index (χ1n) is 7.16. The Labute approximate surface area is 121 Å². The predicted molar refractivity (Wildman–Crippen MR) is 76.9 cm³/mol. The molecule has 4 N–H and O–H groups in total. The van der Waals surface area contributed by atoms with Crippen LogP contribution in [0.2, 0.25) is 0 Å². The van der Waals surface area contributed by atoms with Crippen molar-refractivity contribution in [3.8, 4) is 0 Å². The van der Waals surface area contributed by atoms with Gasteiger partial charge in [-0.05, 0) is 12.3 Å². The van der Waals surface area contributed by atoms with E-state index < -0.39 is 30.1 Å². The van der Waals surface area contributed by atoms with E-state index in [0.29, 0.717) is 6.42 Å². The summed E-state index contributed by atoms with van der Waals surface area (Å²) < 4.78 is 4.63. The first-order valence-corrected chi connectivity index (χ1v) is 7.16. The number of methoxy groups -OCH3 is 1. The standard InChI is InChI=1S/C14H28N2O4/c1-5-6-7-8-10(15)12(17)13(18)16-11(9(2)3)14(19)20-4/h9-12,17H,5-8,15H2,1-4H3,(H,16,18). The van der Waals surface area contributed by atoms with E-state index in [4.69, 9.17) is 5.73 Å². The molecule has 3 atom stereocenters. The molecule has 6 heteroatoms. The normalized spacial score (nSPS) is 15.6. The average molecular weight is 288 g/mol. The van der Waals surface area contributed by atoms with Gasteiger partial charge in [-0.3, -0.25) is 4.79 Å². The molecular weight excluding hydrogens is 260 g/mol. The maximum atomic E-state index is 11.9. The fraction of sp³-hybridized carbons (Fsp3) is 0.857. The number of aliphatic hydroxyl groups excluding tert-OH is 1. The molecule has 1 amide bonds. The van der Waals surface area contributed by atoms with Crippen LogP contribution in [0.25, 0.3) is 0 Å². The number of aliphatic hydroxyl groups is 1. The summed E-state index contributed by atoms with van der Waals surface area (Å²) >= 11 is 0. The Morgan fingerprint density at radius 2 is 1.90 bits per heavy atom. The van der Waals surface area contributed by atoms with Crippen molar-refractivity contribution in [2.75, 3.05) is 7.11 Å². The Kier molecular flexibility index (Phi) is 9.16. The van der Waals surface area contributed by atoms with Crippen molar-refractivity contribution in [1.82, 2.24) is 5.32 Å². The Bertz CT molecular complexity index is 308. The Balaban J connectivity index is 4.44. The summed E-state index contributed by atoms with van der Waals surface area (Å²) in [5.41, 5.74) is 5.79. The number of hydrogen-bond acceptors (Lipinski definition) is 5. The van der Waals surface area contributed by atoms with E-state index in [9.17, 15) is 14.7 Å². The summed E-state index contributed by atoms with van der Waals surface area (Å²) in [5.74, 6) is -1.28. The molecule has 0 fully saturated rings. The zero-order valence-electron chi connectivity index (χ0n) is 12.9. The van der Waals surface area contributed by atoms with Gasteiger partial charge in [0.15, 0.2) is 0 Å². The molecule has 0 saturated carbocycles. The molecule has 20 heavy (non-hydrogen) atoms. The fourth-order valence-corrected chi connectivity index (χ4v) is 1.85. The fourth-order valence-electron chi connectivity index (χ4n) is 1.85. The van der Waals surface area contributed by atoms with Gasteiger partial charge in [-0.15, -0.1) is 0 Å². The highest BCUT2D eigenvalue weighted by atomic mass is 16.5. The van der Waals surface area contributed by atoms with Crippen LogP contribution in [-0.2, 0) is 14.3 Å². The van der Waals surface area contributed by atoms with Gasteiger partial charge < -0.3 is 20.9 Å². The first kappa shape index (κ1) is 18.9. The lowest BCUT2D eigenvalue weighted by Crippen LogP contribution is -2.53. The number of carbonyl (C=O) groups excluding carboxylic acids is 2. The highest BCUT2D eigenvalue weighted by Crippen LogP contribution is 2.08. The maximum Gasteiger partial charge on any atom is 0.328 e. The van der Waals surface area contributed by atoms with Crippen LogP contribution in [0.15, 0.2) is 0 Å². The summed E-state index contributed by atoms with van der Waals surface area (Å²) in [6.07, 6.45) is 2.20. The van der Waals surface area contributed by atoms with Crippen molar-refractivity contribution >= 4 is 11.9 Å². The number of nitrogens with two attached hydrogens (primary N) is 1.